The number of carbonyl (C=O) groups is 1. The van der Waals surface area contributed by atoms with Gasteiger partial charge in [0, 0.05) is 25.2 Å². The van der Waals surface area contributed by atoms with Crippen LogP contribution in [0.3, 0.4) is 0 Å². The molecule has 1 aromatic carbocycles. The van der Waals surface area contributed by atoms with Gasteiger partial charge in [0.15, 0.2) is 5.82 Å². The molecule has 0 atom stereocenters. The number of morpholine rings is 1. The Bertz CT molecular complexity index is 1170. The molecule has 0 spiro atoms. The van der Waals surface area contributed by atoms with Gasteiger partial charge in [-0.05, 0) is 43.5 Å². The molecule has 0 aliphatic carbocycles. The summed E-state index contributed by atoms with van der Waals surface area (Å²) in [7, 11) is 0. The van der Waals surface area contributed by atoms with Gasteiger partial charge >= 0.3 is 0 Å². The number of anilines is 1. The Morgan fingerprint density at radius 3 is 2.41 bits per heavy atom. The standard InChI is InChI=1S/C24H30N6O4/c1-14(2)17-11-18(20(32)12-19(17)31)22-27-28-23(24(33)26-15(3)4)30(22)16-5-6-21(25-13-16)29-7-9-34-10-8-29/h5-6,11-15,31-32H,7-10H2,1-4H3,(H,26,33). The number of ether oxygens (including phenoxy) is 1. The maximum Gasteiger partial charge on any atom is 0.289 e. The molecule has 10 heteroatoms. The number of phenols is 2. The molecular formula is C24H30N6O4. The molecule has 1 aliphatic heterocycles. The molecule has 180 valence electrons. The van der Waals surface area contributed by atoms with E-state index in [1.807, 2.05) is 39.8 Å². The molecule has 0 saturated carbocycles. The number of nitrogens with one attached hydrogen (secondary N) is 1. The summed E-state index contributed by atoms with van der Waals surface area (Å²) in [5.41, 5.74) is 1.58. The van der Waals surface area contributed by atoms with Crippen LogP contribution in [-0.2, 0) is 4.74 Å². The lowest BCUT2D eigenvalue weighted by Crippen LogP contribution is -2.36. The number of nitrogens with zero attached hydrogens (tertiary/aromatic N) is 5. The van der Waals surface area contributed by atoms with Gasteiger partial charge in [-0.2, -0.15) is 0 Å². The molecule has 3 heterocycles. The van der Waals surface area contributed by atoms with E-state index < -0.39 is 5.91 Å². The molecule has 1 aliphatic rings. The summed E-state index contributed by atoms with van der Waals surface area (Å²) >= 11 is 0. The highest BCUT2D eigenvalue weighted by Crippen LogP contribution is 2.38. The predicted molar refractivity (Wildman–Crippen MR) is 128 cm³/mol. The molecule has 0 radical (unpaired) electrons. The molecule has 4 rings (SSSR count). The van der Waals surface area contributed by atoms with Gasteiger partial charge in [0.1, 0.15) is 17.3 Å². The highest BCUT2D eigenvalue weighted by Gasteiger charge is 2.25. The van der Waals surface area contributed by atoms with Gasteiger partial charge in [0.2, 0.25) is 5.82 Å². The third-order valence-electron chi connectivity index (χ3n) is 5.62. The molecule has 3 aromatic rings. The summed E-state index contributed by atoms with van der Waals surface area (Å²) in [6.45, 7) is 10.4. The molecular weight excluding hydrogens is 436 g/mol. The predicted octanol–water partition coefficient (Wildman–Crippen LogP) is 2.84. The summed E-state index contributed by atoms with van der Waals surface area (Å²) in [5.74, 6) is 0.602. The van der Waals surface area contributed by atoms with Crippen molar-refractivity contribution >= 4 is 11.7 Å². The topological polar surface area (TPSA) is 126 Å². The Morgan fingerprint density at radius 2 is 1.79 bits per heavy atom. The van der Waals surface area contributed by atoms with Crippen molar-refractivity contribution in [2.75, 3.05) is 31.2 Å². The zero-order valence-corrected chi connectivity index (χ0v) is 19.8. The number of aromatic hydroxyl groups is 2. The SMILES string of the molecule is CC(C)NC(=O)c1nnc(-c2cc(C(C)C)c(O)cc2O)n1-c1ccc(N2CCOCC2)nc1. The molecule has 0 unspecified atom stereocenters. The zero-order chi connectivity index (χ0) is 24.4. The van der Waals surface area contributed by atoms with Crippen LogP contribution in [0.15, 0.2) is 30.5 Å². The van der Waals surface area contributed by atoms with Crippen LogP contribution in [0.2, 0.25) is 0 Å². The minimum atomic E-state index is -0.395. The van der Waals surface area contributed by atoms with E-state index in [0.29, 0.717) is 30.0 Å². The van der Waals surface area contributed by atoms with Crippen LogP contribution in [0.25, 0.3) is 17.1 Å². The fourth-order valence-electron chi connectivity index (χ4n) is 3.90. The minimum absolute atomic E-state index is 0.00313. The summed E-state index contributed by atoms with van der Waals surface area (Å²) in [4.78, 5) is 19.7. The van der Waals surface area contributed by atoms with Crippen molar-refractivity contribution in [3.63, 3.8) is 0 Å². The second kappa shape index (κ2) is 9.68. The van der Waals surface area contributed by atoms with Crippen molar-refractivity contribution in [2.45, 2.75) is 39.7 Å². The fourth-order valence-corrected chi connectivity index (χ4v) is 3.90. The van der Waals surface area contributed by atoms with Crippen LogP contribution < -0.4 is 10.2 Å². The number of hydrogen-bond acceptors (Lipinski definition) is 8. The first-order valence-corrected chi connectivity index (χ1v) is 11.4. The highest BCUT2D eigenvalue weighted by atomic mass is 16.5. The smallest absolute Gasteiger partial charge is 0.289 e. The number of hydrogen-bond donors (Lipinski definition) is 3. The number of carbonyl (C=O) groups excluding carboxylic acids is 1. The average Bonchev–Trinajstić information content (AvgIpc) is 3.24. The molecule has 10 nitrogen and oxygen atoms in total. The van der Waals surface area contributed by atoms with Gasteiger partial charge in [0.25, 0.3) is 5.91 Å². The van der Waals surface area contributed by atoms with Gasteiger partial charge < -0.3 is 25.2 Å². The number of benzene rings is 1. The van der Waals surface area contributed by atoms with E-state index in [4.69, 9.17) is 4.74 Å². The van der Waals surface area contributed by atoms with E-state index in [0.717, 1.165) is 18.9 Å². The van der Waals surface area contributed by atoms with Crippen LogP contribution in [0.5, 0.6) is 11.5 Å². The van der Waals surface area contributed by atoms with Crippen LogP contribution >= 0.6 is 0 Å². The van der Waals surface area contributed by atoms with Gasteiger partial charge in [-0.1, -0.05) is 13.8 Å². The van der Waals surface area contributed by atoms with Crippen molar-refractivity contribution in [1.29, 1.82) is 0 Å². The maximum atomic E-state index is 12.9. The second-order valence-corrected chi connectivity index (χ2v) is 8.87. The van der Waals surface area contributed by atoms with Crippen LogP contribution in [0.4, 0.5) is 5.82 Å². The normalized spacial score (nSPS) is 14.1. The van der Waals surface area contributed by atoms with Crippen molar-refractivity contribution in [3.05, 3.63) is 41.9 Å². The van der Waals surface area contributed by atoms with E-state index in [2.05, 4.69) is 25.4 Å². The summed E-state index contributed by atoms with van der Waals surface area (Å²) in [5, 5.41) is 32.2. The third-order valence-corrected chi connectivity index (χ3v) is 5.62. The van der Waals surface area contributed by atoms with E-state index in [-0.39, 0.29) is 35.1 Å². The molecule has 0 bridgehead atoms. The summed E-state index contributed by atoms with van der Waals surface area (Å²) in [6, 6.07) is 6.59. The van der Waals surface area contributed by atoms with Gasteiger partial charge in [0.05, 0.1) is 30.7 Å². The molecule has 3 N–H and O–H groups in total. The van der Waals surface area contributed by atoms with E-state index in [9.17, 15) is 15.0 Å². The number of rotatable bonds is 6. The van der Waals surface area contributed by atoms with Crippen LogP contribution in [-0.4, -0.2) is 68.2 Å². The second-order valence-electron chi connectivity index (χ2n) is 8.87. The Hall–Kier alpha value is -3.66. The van der Waals surface area contributed by atoms with Gasteiger partial charge in [-0.15, -0.1) is 10.2 Å². The van der Waals surface area contributed by atoms with E-state index >= 15 is 0 Å². The first kappa shape index (κ1) is 23.5. The monoisotopic (exact) mass is 466 g/mol. The van der Waals surface area contributed by atoms with Crippen molar-refractivity contribution < 1.29 is 19.7 Å². The summed E-state index contributed by atoms with van der Waals surface area (Å²) < 4.78 is 6.99. The quantitative estimate of drug-likeness (QED) is 0.506. The lowest BCUT2D eigenvalue weighted by atomic mass is 9.98. The Balaban J connectivity index is 1.83. The largest absolute Gasteiger partial charge is 0.508 e. The van der Waals surface area contributed by atoms with Gasteiger partial charge in [-0.25, -0.2) is 4.98 Å². The third kappa shape index (κ3) is 4.67. The van der Waals surface area contributed by atoms with E-state index in [1.165, 1.54) is 6.07 Å². The molecule has 34 heavy (non-hydrogen) atoms. The Kier molecular flexibility index (Phi) is 6.69. The molecule has 1 saturated heterocycles. The Labute approximate surface area is 198 Å². The van der Waals surface area contributed by atoms with E-state index in [1.54, 1.807) is 16.8 Å². The lowest BCUT2D eigenvalue weighted by Gasteiger charge is -2.27. The fraction of sp³-hybridized carbons (Fsp3) is 0.417. The molecule has 1 amide bonds. The molecule has 2 aromatic heterocycles. The highest BCUT2D eigenvalue weighted by molar-refractivity contribution is 5.92. The Morgan fingerprint density at radius 1 is 1.06 bits per heavy atom. The number of aromatic nitrogens is 4. The lowest BCUT2D eigenvalue weighted by molar-refractivity contribution is 0.0930. The first-order chi connectivity index (χ1) is 16.3. The molecule has 1 fully saturated rings. The van der Waals surface area contributed by atoms with Crippen LogP contribution in [0, 0.1) is 0 Å². The summed E-state index contributed by atoms with van der Waals surface area (Å²) in [6.07, 6.45) is 1.66. The number of pyridine rings is 1. The van der Waals surface area contributed by atoms with Crippen molar-refractivity contribution in [2.24, 2.45) is 0 Å². The zero-order valence-electron chi connectivity index (χ0n) is 19.8. The van der Waals surface area contributed by atoms with Crippen LogP contribution in [0.1, 0.15) is 49.8 Å². The minimum Gasteiger partial charge on any atom is -0.508 e. The van der Waals surface area contributed by atoms with Crippen molar-refractivity contribution in [3.8, 4) is 28.6 Å². The first-order valence-electron chi connectivity index (χ1n) is 11.4. The maximum absolute atomic E-state index is 12.9. The number of amides is 1. The number of phenolic OH excluding ortho intramolecular Hbond substituents is 2. The van der Waals surface area contributed by atoms with Crippen molar-refractivity contribution in [1.82, 2.24) is 25.1 Å². The van der Waals surface area contributed by atoms with Gasteiger partial charge in [-0.3, -0.25) is 9.36 Å². The average molecular weight is 467 g/mol.